The number of piperidine rings is 1. The second-order valence-electron chi connectivity index (χ2n) is 6.73. The molecule has 0 aliphatic carbocycles. The molecule has 0 bridgehead atoms. The van der Waals surface area contributed by atoms with Gasteiger partial charge >= 0.3 is 5.69 Å². The van der Waals surface area contributed by atoms with Gasteiger partial charge in [0.05, 0.1) is 17.7 Å². The molecule has 144 valence electrons. The summed E-state index contributed by atoms with van der Waals surface area (Å²) in [5.74, 6) is 1.16. The molecule has 0 radical (unpaired) electrons. The molecule has 27 heavy (non-hydrogen) atoms. The second-order valence-corrected chi connectivity index (χ2v) is 6.73. The smallest absolute Gasteiger partial charge is 0.353 e. The van der Waals surface area contributed by atoms with Gasteiger partial charge in [-0.25, -0.2) is 9.97 Å². The molecule has 8 nitrogen and oxygen atoms in total. The first-order valence-corrected chi connectivity index (χ1v) is 9.22. The number of aryl methyl sites for hydroxylation is 1. The first kappa shape index (κ1) is 18.9. The Hall–Kier alpha value is -2.90. The van der Waals surface area contributed by atoms with E-state index in [4.69, 9.17) is 4.74 Å². The molecular weight excluding hydrogens is 346 g/mol. The van der Waals surface area contributed by atoms with E-state index in [9.17, 15) is 10.1 Å². The van der Waals surface area contributed by atoms with Crippen molar-refractivity contribution in [2.45, 2.75) is 45.6 Å². The fraction of sp³-hybridized carbons (Fsp3) is 0.474. The molecular formula is C19H25N5O3. The summed E-state index contributed by atoms with van der Waals surface area (Å²) < 4.78 is 5.37. The third-order valence-electron chi connectivity index (χ3n) is 4.96. The summed E-state index contributed by atoms with van der Waals surface area (Å²) in [5, 5.41) is 15.0. The number of nitro groups is 1. The van der Waals surface area contributed by atoms with Gasteiger partial charge in [0.2, 0.25) is 11.6 Å². The number of hydrogen-bond acceptors (Lipinski definition) is 7. The minimum atomic E-state index is -0.402. The van der Waals surface area contributed by atoms with E-state index in [-0.39, 0.29) is 17.5 Å². The monoisotopic (exact) mass is 371 g/mol. The van der Waals surface area contributed by atoms with Gasteiger partial charge in [-0.2, -0.15) is 0 Å². The zero-order chi connectivity index (χ0) is 19.4. The maximum absolute atomic E-state index is 11.9. The van der Waals surface area contributed by atoms with Crippen LogP contribution < -0.4 is 15.0 Å². The van der Waals surface area contributed by atoms with Crippen LogP contribution in [0.25, 0.3) is 0 Å². The number of rotatable bonds is 6. The van der Waals surface area contributed by atoms with Gasteiger partial charge in [0.1, 0.15) is 12.1 Å². The minimum Gasteiger partial charge on any atom is -0.495 e. The first-order valence-electron chi connectivity index (χ1n) is 9.22. The summed E-state index contributed by atoms with van der Waals surface area (Å²) in [6, 6.07) is 5.88. The van der Waals surface area contributed by atoms with Crippen LogP contribution in [0, 0.1) is 17.0 Å². The molecule has 1 unspecified atom stereocenters. The number of aromatic nitrogens is 2. The van der Waals surface area contributed by atoms with Crippen molar-refractivity contribution in [1.82, 2.24) is 9.97 Å². The van der Waals surface area contributed by atoms with Gasteiger partial charge in [-0.15, -0.1) is 0 Å². The summed E-state index contributed by atoms with van der Waals surface area (Å²) in [6.07, 6.45) is 5.47. The number of hydrogen-bond donors (Lipinski definition) is 1. The molecule has 1 aliphatic heterocycles. The summed E-state index contributed by atoms with van der Waals surface area (Å²) in [5.41, 5.74) is 1.55. The van der Waals surface area contributed by atoms with E-state index >= 15 is 0 Å². The quantitative estimate of drug-likeness (QED) is 0.600. The van der Waals surface area contributed by atoms with Crippen LogP contribution in [0.15, 0.2) is 24.5 Å². The molecule has 0 amide bonds. The average molecular weight is 371 g/mol. The van der Waals surface area contributed by atoms with Crippen molar-refractivity contribution >= 4 is 23.0 Å². The Morgan fingerprint density at radius 2 is 2.19 bits per heavy atom. The third kappa shape index (κ3) is 3.94. The van der Waals surface area contributed by atoms with Crippen molar-refractivity contribution in [2.75, 3.05) is 23.9 Å². The maximum atomic E-state index is 11.9. The molecule has 3 rings (SSSR count). The van der Waals surface area contributed by atoms with Crippen molar-refractivity contribution < 1.29 is 9.66 Å². The van der Waals surface area contributed by atoms with Crippen LogP contribution in [0.2, 0.25) is 0 Å². The highest BCUT2D eigenvalue weighted by atomic mass is 16.6. The molecule has 2 aromatic rings. The van der Waals surface area contributed by atoms with E-state index in [0.717, 1.165) is 37.8 Å². The summed E-state index contributed by atoms with van der Waals surface area (Å²) in [7, 11) is 1.56. The third-order valence-corrected chi connectivity index (χ3v) is 4.96. The summed E-state index contributed by atoms with van der Waals surface area (Å²) in [4.78, 5) is 22.0. The number of nitrogens with one attached hydrogen (secondary N) is 1. The Labute approximate surface area is 158 Å². The van der Waals surface area contributed by atoms with Gasteiger partial charge in [0.15, 0.2) is 0 Å². The van der Waals surface area contributed by atoms with E-state index in [2.05, 4.69) is 27.1 Å². The van der Waals surface area contributed by atoms with E-state index in [1.165, 1.54) is 6.33 Å². The van der Waals surface area contributed by atoms with E-state index in [0.29, 0.717) is 17.3 Å². The lowest BCUT2D eigenvalue weighted by Gasteiger charge is -2.35. The molecule has 1 atom stereocenters. The molecule has 1 aromatic carbocycles. The Morgan fingerprint density at radius 1 is 1.37 bits per heavy atom. The van der Waals surface area contributed by atoms with Crippen molar-refractivity contribution in [1.29, 1.82) is 0 Å². The molecule has 0 spiro atoms. The van der Waals surface area contributed by atoms with Gasteiger partial charge in [-0.1, -0.05) is 13.0 Å². The molecule has 1 saturated heterocycles. The lowest BCUT2D eigenvalue weighted by Crippen LogP contribution is -2.40. The summed E-state index contributed by atoms with van der Waals surface area (Å²) >= 11 is 0. The van der Waals surface area contributed by atoms with Crippen LogP contribution in [-0.4, -0.2) is 34.6 Å². The van der Waals surface area contributed by atoms with Crippen molar-refractivity contribution in [3.05, 3.63) is 40.2 Å². The molecule has 1 N–H and O–H groups in total. The number of nitrogens with zero attached hydrogens (tertiary/aromatic N) is 4. The largest absolute Gasteiger partial charge is 0.495 e. The van der Waals surface area contributed by atoms with Crippen LogP contribution in [0.3, 0.4) is 0 Å². The highest BCUT2D eigenvalue weighted by Gasteiger charge is 2.32. The van der Waals surface area contributed by atoms with Crippen molar-refractivity contribution in [3.63, 3.8) is 0 Å². The fourth-order valence-electron chi connectivity index (χ4n) is 3.59. The number of anilines is 3. The Kier molecular flexibility index (Phi) is 5.73. The average Bonchev–Trinajstić information content (AvgIpc) is 2.67. The van der Waals surface area contributed by atoms with Crippen LogP contribution in [0.1, 0.15) is 38.2 Å². The molecule has 0 saturated carbocycles. The Morgan fingerprint density at radius 3 is 2.89 bits per heavy atom. The molecule has 1 aromatic heterocycles. The van der Waals surface area contributed by atoms with Crippen LogP contribution >= 0.6 is 0 Å². The zero-order valence-corrected chi connectivity index (χ0v) is 15.9. The molecule has 2 heterocycles. The minimum absolute atomic E-state index is 0.0959. The van der Waals surface area contributed by atoms with E-state index in [1.807, 2.05) is 25.1 Å². The van der Waals surface area contributed by atoms with Crippen molar-refractivity contribution in [3.8, 4) is 5.75 Å². The lowest BCUT2D eigenvalue weighted by atomic mass is 10.00. The fourth-order valence-corrected chi connectivity index (χ4v) is 3.59. The highest BCUT2D eigenvalue weighted by molar-refractivity contribution is 5.76. The molecule has 8 heteroatoms. The topological polar surface area (TPSA) is 93.4 Å². The number of ether oxygens (including phenoxy) is 1. The lowest BCUT2D eigenvalue weighted by molar-refractivity contribution is -0.383. The van der Waals surface area contributed by atoms with Crippen molar-refractivity contribution in [2.24, 2.45) is 0 Å². The van der Waals surface area contributed by atoms with Crippen LogP contribution in [0.5, 0.6) is 5.75 Å². The maximum Gasteiger partial charge on any atom is 0.353 e. The Balaban J connectivity index is 2.04. The van der Waals surface area contributed by atoms with Gasteiger partial charge in [-0.05, 0) is 50.3 Å². The number of benzene rings is 1. The van der Waals surface area contributed by atoms with Crippen LogP contribution in [0.4, 0.5) is 23.0 Å². The molecule has 1 fully saturated rings. The predicted molar refractivity (Wildman–Crippen MR) is 105 cm³/mol. The first-order chi connectivity index (χ1) is 13.0. The van der Waals surface area contributed by atoms with Crippen LogP contribution in [-0.2, 0) is 0 Å². The number of methoxy groups -OCH3 is 1. The SMILES string of the molecule is CCC1CCCCN1c1ncnc(Nc2cc(C)ccc2OC)c1[N+](=O)[O-]. The zero-order valence-electron chi connectivity index (χ0n) is 15.9. The molecule has 1 aliphatic rings. The van der Waals surface area contributed by atoms with Gasteiger partial charge < -0.3 is 15.0 Å². The van der Waals surface area contributed by atoms with Gasteiger partial charge in [-0.3, -0.25) is 10.1 Å². The second kappa shape index (κ2) is 8.20. The van der Waals surface area contributed by atoms with E-state index in [1.54, 1.807) is 7.11 Å². The highest BCUT2D eigenvalue weighted by Crippen LogP contribution is 2.38. The normalized spacial score (nSPS) is 16.9. The van der Waals surface area contributed by atoms with E-state index < -0.39 is 4.92 Å². The summed E-state index contributed by atoms with van der Waals surface area (Å²) in [6.45, 7) is 4.82. The standard InChI is InChI=1S/C19H25N5O3/c1-4-14-7-5-6-10-23(14)19-17(24(25)26)18(20-12-21-19)22-15-11-13(2)8-9-16(15)27-3/h8-9,11-12,14H,4-7,10H2,1-3H3,(H,20,21,22). The predicted octanol–water partition coefficient (Wildman–Crippen LogP) is 4.21. The van der Waals surface area contributed by atoms with Gasteiger partial charge in [0, 0.05) is 12.6 Å². The Bertz CT molecular complexity index is 827. The van der Waals surface area contributed by atoms with Gasteiger partial charge in [0.25, 0.3) is 0 Å².